The zero-order valence-electron chi connectivity index (χ0n) is 13.7. The Morgan fingerprint density at radius 3 is 2.50 bits per heavy atom. The molecule has 0 radical (unpaired) electrons. The lowest BCUT2D eigenvalue weighted by atomic mass is 9.80. The Hall–Kier alpha value is 0.770. The second-order valence-corrected chi connectivity index (χ2v) is 10.6. The van der Waals surface area contributed by atoms with Gasteiger partial charge in [-0.25, -0.2) is 0 Å². The fraction of sp³-hybridized carbons (Fsp3) is 0.824. The van der Waals surface area contributed by atoms with Crippen molar-refractivity contribution in [3.05, 3.63) is 9.89 Å². The van der Waals surface area contributed by atoms with E-state index in [1.807, 2.05) is 18.7 Å². The molecule has 0 fully saturated rings. The minimum absolute atomic E-state index is 0.0527. The number of esters is 1. The maximum absolute atomic E-state index is 11.4. The van der Waals surface area contributed by atoms with E-state index >= 15 is 0 Å². The summed E-state index contributed by atoms with van der Waals surface area (Å²) in [5, 5.41) is 0. The van der Waals surface area contributed by atoms with Crippen molar-refractivity contribution in [2.45, 2.75) is 74.9 Å². The van der Waals surface area contributed by atoms with Crippen LogP contribution in [0, 0.1) is 5.41 Å². The maximum Gasteiger partial charge on any atom is 0.305 e. The van der Waals surface area contributed by atoms with Crippen LogP contribution in [-0.2, 0) is 9.53 Å². The molecule has 1 rings (SSSR count). The molecule has 0 aromatic carbocycles. The standard InChI is InChI=1S/C17H28BrIO2S/c1-3-5-6-8-11-17(13-14(18)22-16(17)19)12-9-7-10-15(20)21-4-2/h13,16H,3-12H2,1-2H3. The Labute approximate surface area is 161 Å². The van der Waals surface area contributed by atoms with E-state index in [0.29, 0.717) is 21.7 Å². The first-order chi connectivity index (χ1) is 10.5. The molecule has 0 aromatic heterocycles. The molecule has 0 bridgehead atoms. The molecular formula is C17H28BrIO2S. The monoisotopic (exact) mass is 502 g/mol. The average Bonchev–Trinajstić information content (AvgIpc) is 2.75. The SMILES string of the molecule is CCCCCCC1(CCCCC(=O)OCC)C=C(Br)SC1I. The quantitative estimate of drug-likeness (QED) is 0.134. The van der Waals surface area contributed by atoms with Crippen LogP contribution >= 0.6 is 50.3 Å². The molecule has 0 N–H and O–H groups in total. The molecule has 5 heteroatoms. The third-order valence-corrected chi connectivity index (χ3v) is 7.96. The van der Waals surface area contributed by atoms with Gasteiger partial charge in [-0.1, -0.05) is 67.7 Å². The van der Waals surface area contributed by atoms with Gasteiger partial charge in [-0.05, 0) is 42.1 Å². The Morgan fingerprint density at radius 2 is 1.95 bits per heavy atom. The molecule has 1 aliphatic rings. The van der Waals surface area contributed by atoms with Gasteiger partial charge in [0.1, 0.15) is 0 Å². The predicted octanol–water partition coefficient (Wildman–Crippen LogP) is 6.81. The van der Waals surface area contributed by atoms with Crippen LogP contribution in [0.15, 0.2) is 9.89 Å². The molecule has 22 heavy (non-hydrogen) atoms. The summed E-state index contributed by atoms with van der Waals surface area (Å²) in [4.78, 5) is 11.4. The van der Waals surface area contributed by atoms with Crippen molar-refractivity contribution in [3.63, 3.8) is 0 Å². The minimum atomic E-state index is -0.0527. The first-order valence-corrected chi connectivity index (χ1v) is 11.3. The average molecular weight is 503 g/mol. The van der Waals surface area contributed by atoms with Gasteiger partial charge < -0.3 is 4.74 Å². The molecule has 0 amide bonds. The molecule has 0 spiro atoms. The lowest BCUT2D eigenvalue weighted by Gasteiger charge is -2.31. The molecule has 0 saturated carbocycles. The van der Waals surface area contributed by atoms with Gasteiger partial charge in [0.25, 0.3) is 0 Å². The number of hydrogen-bond donors (Lipinski definition) is 0. The summed E-state index contributed by atoms with van der Waals surface area (Å²) in [6.07, 6.45) is 12.7. The third-order valence-electron chi connectivity index (χ3n) is 4.14. The number of allylic oxidation sites excluding steroid dienone is 1. The van der Waals surface area contributed by atoms with Crippen molar-refractivity contribution >= 4 is 56.3 Å². The highest BCUT2D eigenvalue weighted by atomic mass is 127. The summed E-state index contributed by atoms with van der Waals surface area (Å²) in [6.45, 7) is 4.61. The smallest absolute Gasteiger partial charge is 0.305 e. The van der Waals surface area contributed by atoms with Gasteiger partial charge in [-0.2, -0.15) is 0 Å². The van der Waals surface area contributed by atoms with Crippen LogP contribution in [0.3, 0.4) is 0 Å². The third kappa shape index (κ3) is 7.12. The van der Waals surface area contributed by atoms with Gasteiger partial charge in [-0.15, -0.1) is 11.8 Å². The number of alkyl halides is 1. The van der Waals surface area contributed by atoms with Crippen molar-refractivity contribution in [1.29, 1.82) is 0 Å². The minimum Gasteiger partial charge on any atom is -0.466 e. The summed E-state index contributed by atoms with van der Waals surface area (Å²) < 4.78 is 6.89. The number of carbonyl (C=O) groups is 1. The van der Waals surface area contributed by atoms with Crippen LogP contribution in [0.25, 0.3) is 0 Å². The van der Waals surface area contributed by atoms with E-state index in [1.54, 1.807) is 0 Å². The lowest BCUT2D eigenvalue weighted by molar-refractivity contribution is -0.143. The highest BCUT2D eigenvalue weighted by Crippen LogP contribution is 2.55. The number of unbranched alkanes of at least 4 members (excludes halogenated alkanes) is 4. The van der Waals surface area contributed by atoms with E-state index in [4.69, 9.17) is 4.74 Å². The second-order valence-electron chi connectivity index (χ2n) is 5.94. The Morgan fingerprint density at radius 1 is 1.27 bits per heavy atom. The molecule has 0 saturated heterocycles. The molecule has 0 aromatic rings. The van der Waals surface area contributed by atoms with Crippen molar-refractivity contribution < 1.29 is 9.53 Å². The molecule has 1 heterocycles. The van der Waals surface area contributed by atoms with Crippen molar-refractivity contribution in [2.24, 2.45) is 5.41 Å². The first kappa shape index (κ1) is 20.8. The van der Waals surface area contributed by atoms with E-state index in [0.717, 1.165) is 12.8 Å². The number of carbonyl (C=O) groups excluding carboxylic acids is 1. The van der Waals surface area contributed by atoms with Crippen LogP contribution < -0.4 is 0 Å². The zero-order valence-corrected chi connectivity index (χ0v) is 18.3. The zero-order chi connectivity index (χ0) is 16.4. The number of rotatable bonds is 11. The Bertz CT molecular complexity index is 376. The van der Waals surface area contributed by atoms with Crippen LogP contribution in [-0.4, -0.2) is 15.8 Å². The van der Waals surface area contributed by atoms with Gasteiger partial charge in [0, 0.05) is 15.7 Å². The van der Waals surface area contributed by atoms with E-state index in [1.165, 1.54) is 42.3 Å². The lowest BCUT2D eigenvalue weighted by Crippen LogP contribution is -2.24. The second kappa shape index (κ2) is 11.3. The van der Waals surface area contributed by atoms with Crippen molar-refractivity contribution in [2.75, 3.05) is 6.61 Å². The molecule has 128 valence electrons. The Kier molecular flexibility index (Phi) is 10.7. The molecule has 0 aliphatic carbocycles. The van der Waals surface area contributed by atoms with Crippen LogP contribution in [0.1, 0.15) is 71.6 Å². The van der Waals surface area contributed by atoms with E-state index in [2.05, 4.69) is 51.5 Å². The number of halogens is 2. The summed E-state index contributed by atoms with van der Waals surface area (Å²) >= 11 is 8.20. The van der Waals surface area contributed by atoms with E-state index in [-0.39, 0.29) is 5.97 Å². The van der Waals surface area contributed by atoms with Gasteiger partial charge >= 0.3 is 5.97 Å². The van der Waals surface area contributed by atoms with Gasteiger partial charge in [0.2, 0.25) is 0 Å². The highest BCUT2D eigenvalue weighted by Gasteiger charge is 2.40. The van der Waals surface area contributed by atoms with Gasteiger partial charge in [0.15, 0.2) is 0 Å². The number of hydrogen-bond acceptors (Lipinski definition) is 3. The van der Waals surface area contributed by atoms with E-state index in [9.17, 15) is 4.79 Å². The normalized spacial score (nSPS) is 24.4. The van der Waals surface area contributed by atoms with Crippen molar-refractivity contribution in [3.8, 4) is 0 Å². The maximum atomic E-state index is 11.4. The fourth-order valence-electron chi connectivity index (χ4n) is 2.88. The molecule has 2 nitrogen and oxygen atoms in total. The van der Waals surface area contributed by atoms with Crippen LogP contribution in [0.4, 0.5) is 0 Å². The van der Waals surface area contributed by atoms with E-state index < -0.39 is 0 Å². The molecule has 2 unspecified atom stereocenters. The summed E-state index contributed by atoms with van der Waals surface area (Å²) in [7, 11) is 0. The van der Waals surface area contributed by atoms with Crippen LogP contribution in [0.2, 0.25) is 0 Å². The number of thioether (sulfide) groups is 1. The van der Waals surface area contributed by atoms with Crippen LogP contribution in [0.5, 0.6) is 0 Å². The number of ether oxygens (including phenoxy) is 1. The summed E-state index contributed by atoms with van der Waals surface area (Å²) in [5.41, 5.74) is 0.298. The van der Waals surface area contributed by atoms with Gasteiger partial charge in [0.05, 0.1) is 9.86 Å². The fourth-order valence-corrected chi connectivity index (χ4v) is 7.60. The summed E-state index contributed by atoms with van der Waals surface area (Å²) in [6, 6.07) is 0. The summed E-state index contributed by atoms with van der Waals surface area (Å²) in [5.74, 6) is -0.0527. The topological polar surface area (TPSA) is 26.3 Å². The molecular weight excluding hydrogens is 475 g/mol. The van der Waals surface area contributed by atoms with Gasteiger partial charge in [-0.3, -0.25) is 4.79 Å². The first-order valence-electron chi connectivity index (χ1n) is 8.38. The largest absolute Gasteiger partial charge is 0.466 e. The Balaban J connectivity index is 2.44. The predicted molar refractivity (Wildman–Crippen MR) is 109 cm³/mol. The molecule has 2 atom stereocenters. The highest BCUT2D eigenvalue weighted by molar-refractivity contribution is 14.1. The molecule has 1 aliphatic heterocycles. The van der Waals surface area contributed by atoms with Crippen molar-refractivity contribution in [1.82, 2.24) is 0 Å².